The van der Waals surface area contributed by atoms with Gasteiger partial charge in [-0.15, -0.1) is 11.6 Å². The molecule has 0 amide bonds. The molecule has 1 unspecified atom stereocenters. The van der Waals surface area contributed by atoms with Gasteiger partial charge in [0.15, 0.2) is 0 Å². The first kappa shape index (κ1) is 13.1. The number of alkyl halides is 1. The van der Waals surface area contributed by atoms with E-state index in [9.17, 15) is 0 Å². The standard InChI is InChI=1S/C12H18ClNO2/c1-14(2)11(8-13)10-7-9(15-3)5-6-12(10)16-4/h5-7,11H,8H2,1-4H3. The van der Waals surface area contributed by atoms with Crippen LogP contribution in [0.4, 0.5) is 0 Å². The van der Waals surface area contributed by atoms with Gasteiger partial charge in [-0.2, -0.15) is 0 Å². The summed E-state index contributed by atoms with van der Waals surface area (Å²) in [5, 5.41) is 0. The number of rotatable bonds is 5. The number of halogens is 1. The zero-order valence-corrected chi connectivity index (χ0v) is 10.9. The van der Waals surface area contributed by atoms with Gasteiger partial charge in [0, 0.05) is 11.4 Å². The third-order valence-corrected chi connectivity index (χ3v) is 2.86. The first-order chi connectivity index (χ1) is 7.63. The molecule has 0 bridgehead atoms. The maximum Gasteiger partial charge on any atom is 0.123 e. The number of benzene rings is 1. The van der Waals surface area contributed by atoms with Crippen LogP contribution in [0.1, 0.15) is 11.6 Å². The predicted molar refractivity (Wildman–Crippen MR) is 66.7 cm³/mol. The highest BCUT2D eigenvalue weighted by molar-refractivity contribution is 6.18. The second-order valence-electron chi connectivity index (χ2n) is 3.74. The number of nitrogens with zero attached hydrogens (tertiary/aromatic N) is 1. The third-order valence-electron chi connectivity index (χ3n) is 2.57. The fraction of sp³-hybridized carbons (Fsp3) is 0.500. The smallest absolute Gasteiger partial charge is 0.123 e. The zero-order valence-electron chi connectivity index (χ0n) is 10.2. The van der Waals surface area contributed by atoms with Gasteiger partial charge in [0.25, 0.3) is 0 Å². The highest BCUT2D eigenvalue weighted by Crippen LogP contribution is 2.32. The van der Waals surface area contributed by atoms with Crippen LogP contribution < -0.4 is 9.47 Å². The van der Waals surface area contributed by atoms with Crippen molar-refractivity contribution in [2.75, 3.05) is 34.2 Å². The van der Waals surface area contributed by atoms with E-state index in [0.717, 1.165) is 17.1 Å². The molecule has 0 radical (unpaired) electrons. The maximum atomic E-state index is 5.98. The largest absolute Gasteiger partial charge is 0.497 e. The SMILES string of the molecule is COc1ccc(OC)c(C(CCl)N(C)C)c1. The first-order valence-corrected chi connectivity index (χ1v) is 5.61. The molecule has 0 aliphatic rings. The molecule has 1 aromatic carbocycles. The molecule has 0 aliphatic heterocycles. The van der Waals surface area contributed by atoms with Crippen molar-refractivity contribution in [2.24, 2.45) is 0 Å². The molecule has 90 valence electrons. The Morgan fingerprint density at radius 2 is 1.94 bits per heavy atom. The maximum absolute atomic E-state index is 5.98. The molecule has 0 saturated carbocycles. The Bertz CT molecular complexity index is 342. The molecule has 1 aromatic rings. The normalized spacial score (nSPS) is 12.6. The van der Waals surface area contributed by atoms with Gasteiger partial charge < -0.3 is 14.4 Å². The lowest BCUT2D eigenvalue weighted by molar-refractivity contribution is 0.309. The lowest BCUT2D eigenvalue weighted by atomic mass is 10.1. The molecule has 0 aromatic heterocycles. The Labute approximate surface area is 102 Å². The minimum absolute atomic E-state index is 0.117. The molecule has 0 aliphatic carbocycles. The van der Waals surface area contributed by atoms with Crippen LogP contribution in [0.3, 0.4) is 0 Å². The van der Waals surface area contributed by atoms with Crippen LogP contribution >= 0.6 is 11.6 Å². The summed E-state index contributed by atoms with van der Waals surface area (Å²) in [6.07, 6.45) is 0. The van der Waals surface area contributed by atoms with Crippen LogP contribution in [0.2, 0.25) is 0 Å². The van der Waals surface area contributed by atoms with Crippen molar-refractivity contribution in [1.29, 1.82) is 0 Å². The average molecular weight is 244 g/mol. The molecule has 16 heavy (non-hydrogen) atoms. The van der Waals surface area contributed by atoms with Crippen molar-refractivity contribution < 1.29 is 9.47 Å². The Morgan fingerprint density at radius 3 is 2.38 bits per heavy atom. The van der Waals surface area contributed by atoms with Crippen LogP contribution in [0.25, 0.3) is 0 Å². The molecule has 0 heterocycles. The Hall–Kier alpha value is -0.930. The van der Waals surface area contributed by atoms with Crippen molar-refractivity contribution in [2.45, 2.75) is 6.04 Å². The summed E-state index contributed by atoms with van der Waals surface area (Å²) >= 11 is 5.98. The Morgan fingerprint density at radius 1 is 1.25 bits per heavy atom. The number of ether oxygens (including phenoxy) is 2. The summed E-state index contributed by atoms with van der Waals surface area (Å²) < 4.78 is 10.5. The van der Waals surface area contributed by atoms with Crippen molar-refractivity contribution in [3.05, 3.63) is 23.8 Å². The summed E-state index contributed by atoms with van der Waals surface area (Å²) in [5.74, 6) is 2.16. The van der Waals surface area contributed by atoms with Gasteiger partial charge in [0.2, 0.25) is 0 Å². The third kappa shape index (κ3) is 2.80. The molecule has 0 spiro atoms. The van der Waals surface area contributed by atoms with Gasteiger partial charge in [0.1, 0.15) is 11.5 Å². The second-order valence-corrected chi connectivity index (χ2v) is 4.05. The van der Waals surface area contributed by atoms with Crippen LogP contribution in [-0.2, 0) is 0 Å². The van der Waals surface area contributed by atoms with Crippen molar-refractivity contribution >= 4 is 11.6 Å². The molecule has 3 nitrogen and oxygen atoms in total. The van der Waals surface area contributed by atoms with Crippen molar-refractivity contribution in [3.8, 4) is 11.5 Å². The molecule has 4 heteroatoms. The van der Waals surface area contributed by atoms with E-state index in [-0.39, 0.29) is 6.04 Å². The van der Waals surface area contributed by atoms with E-state index in [1.165, 1.54) is 0 Å². The molecular weight excluding hydrogens is 226 g/mol. The minimum Gasteiger partial charge on any atom is -0.497 e. The van der Waals surface area contributed by atoms with Crippen molar-refractivity contribution in [3.63, 3.8) is 0 Å². The summed E-state index contributed by atoms with van der Waals surface area (Å²) in [7, 11) is 7.29. The summed E-state index contributed by atoms with van der Waals surface area (Å²) in [6, 6.07) is 5.86. The van der Waals surface area contributed by atoms with Gasteiger partial charge in [0.05, 0.1) is 20.3 Å². The number of hydrogen-bond donors (Lipinski definition) is 0. The summed E-state index contributed by atoms with van der Waals surface area (Å²) in [5.41, 5.74) is 1.04. The van der Waals surface area contributed by atoms with Crippen LogP contribution in [0.15, 0.2) is 18.2 Å². The van der Waals surface area contributed by atoms with E-state index in [0.29, 0.717) is 5.88 Å². The Balaban J connectivity index is 3.15. The van der Waals surface area contributed by atoms with E-state index >= 15 is 0 Å². The van der Waals surface area contributed by atoms with Gasteiger partial charge >= 0.3 is 0 Å². The zero-order chi connectivity index (χ0) is 12.1. The number of methoxy groups -OCH3 is 2. The molecular formula is C12H18ClNO2. The molecule has 1 rings (SSSR count). The van der Waals surface area contributed by atoms with E-state index in [1.807, 2.05) is 32.3 Å². The summed E-state index contributed by atoms with van der Waals surface area (Å²) in [6.45, 7) is 0. The lowest BCUT2D eigenvalue weighted by Gasteiger charge is -2.24. The lowest BCUT2D eigenvalue weighted by Crippen LogP contribution is -2.21. The van der Waals surface area contributed by atoms with Crippen LogP contribution in [0, 0.1) is 0 Å². The van der Waals surface area contributed by atoms with E-state index in [4.69, 9.17) is 21.1 Å². The van der Waals surface area contributed by atoms with Gasteiger partial charge in [-0.05, 0) is 32.3 Å². The molecule has 1 atom stereocenters. The molecule has 0 saturated heterocycles. The quantitative estimate of drug-likeness (QED) is 0.742. The van der Waals surface area contributed by atoms with Crippen molar-refractivity contribution in [1.82, 2.24) is 4.90 Å². The monoisotopic (exact) mass is 243 g/mol. The predicted octanol–water partition coefficient (Wildman–Crippen LogP) is 2.55. The first-order valence-electron chi connectivity index (χ1n) is 5.08. The van der Waals surface area contributed by atoms with Gasteiger partial charge in [-0.25, -0.2) is 0 Å². The number of hydrogen-bond acceptors (Lipinski definition) is 3. The highest BCUT2D eigenvalue weighted by atomic mass is 35.5. The van der Waals surface area contributed by atoms with E-state index in [2.05, 4.69) is 4.90 Å². The van der Waals surface area contributed by atoms with Crippen LogP contribution in [0.5, 0.6) is 11.5 Å². The minimum atomic E-state index is 0.117. The highest BCUT2D eigenvalue weighted by Gasteiger charge is 2.18. The molecule has 0 fully saturated rings. The van der Waals surface area contributed by atoms with E-state index in [1.54, 1.807) is 14.2 Å². The fourth-order valence-corrected chi connectivity index (χ4v) is 2.04. The average Bonchev–Trinajstić information content (AvgIpc) is 2.29. The van der Waals surface area contributed by atoms with E-state index < -0.39 is 0 Å². The summed E-state index contributed by atoms with van der Waals surface area (Å²) in [4.78, 5) is 2.06. The van der Waals surface area contributed by atoms with Gasteiger partial charge in [-0.3, -0.25) is 0 Å². The second kappa shape index (κ2) is 5.97. The van der Waals surface area contributed by atoms with Crippen LogP contribution in [-0.4, -0.2) is 39.1 Å². The fourth-order valence-electron chi connectivity index (χ4n) is 1.60. The molecule has 0 N–H and O–H groups in total. The topological polar surface area (TPSA) is 21.7 Å². The van der Waals surface area contributed by atoms with Gasteiger partial charge in [-0.1, -0.05) is 0 Å². The Kier molecular flexibility index (Phi) is 4.90.